The number of aryl methyl sites for hydroxylation is 1. The highest BCUT2D eigenvalue weighted by Gasteiger charge is 2.21. The van der Waals surface area contributed by atoms with Gasteiger partial charge in [0.25, 0.3) is 0 Å². The van der Waals surface area contributed by atoms with Crippen LogP contribution in [0.1, 0.15) is 113 Å². The number of hydrogen-bond donors (Lipinski definition) is 0. The molecule has 1 saturated carbocycles. The molecule has 0 atom stereocenters. The number of hydrogen-bond acceptors (Lipinski definition) is 4. The zero-order chi connectivity index (χ0) is 24.7. The number of carbonyl (C=O) groups excluding carboxylic acids is 1. The summed E-state index contributed by atoms with van der Waals surface area (Å²) in [6.45, 7) is 5.11. The fourth-order valence-electron chi connectivity index (χ4n) is 5.00. The second-order valence-corrected chi connectivity index (χ2v) is 10.2. The zero-order valence-corrected chi connectivity index (χ0v) is 22.0. The van der Waals surface area contributed by atoms with E-state index in [0.29, 0.717) is 17.9 Å². The summed E-state index contributed by atoms with van der Waals surface area (Å²) < 4.78 is 11.2. The lowest BCUT2D eigenvalue weighted by atomic mass is 9.78. The highest BCUT2D eigenvalue weighted by molar-refractivity contribution is 5.91. The molecule has 0 unspecified atom stereocenters. The summed E-state index contributed by atoms with van der Waals surface area (Å²) in [5, 5.41) is 0. The van der Waals surface area contributed by atoms with Crippen molar-refractivity contribution in [1.82, 2.24) is 4.98 Å². The van der Waals surface area contributed by atoms with Crippen molar-refractivity contribution in [2.45, 2.75) is 104 Å². The fraction of sp³-hybridized carbons (Fsp3) is 0.613. The van der Waals surface area contributed by atoms with Gasteiger partial charge in [0.2, 0.25) is 0 Å². The van der Waals surface area contributed by atoms with Gasteiger partial charge in [0.1, 0.15) is 11.5 Å². The lowest BCUT2D eigenvalue weighted by molar-refractivity contribution is 0.0734. The van der Waals surface area contributed by atoms with Crippen LogP contribution in [-0.2, 0) is 6.42 Å². The van der Waals surface area contributed by atoms with Crippen molar-refractivity contribution in [2.24, 2.45) is 11.8 Å². The number of carbonyl (C=O) groups is 1. The topological polar surface area (TPSA) is 48.4 Å². The van der Waals surface area contributed by atoms with E-state index < -0.39 is 0 Å². The maximum absolute atomic E-state index is 12.5. The summed E-state index contributed by atoms with van der Waals surface area (Å²) in [6, 6.07) is 11.0. The van der Waals surface area contributed by atoms with E-state index in [0.717, 1.165) is 42.5 Å². The lowest BCUT2D eigenvalue weighted by Gasteiger charge is -2.28. The van der Waals surface area contributed by atoms with Gasteiger partial charge in [0.05, 0.1) is 18.4 Å². The molecule has 0 spiro atoms. The van der Waals surface area contributed by atoms with Gasteiger partial charge in [-0.1, -0.05) is 84.5 Å². The molecule has 0 radical (unpaired) electrons. The Morgan fingerprint density at radius 1 is 0.800 bits per heavy atom. The third-order valence-corrected chi connectivity index (χ3v) is 7.36. The van der Waals surface area contributed by atoms with Crippen molar-refractivity contribution < 1.29 is 14.3 Å². The molecule has 35 heavy (non-hydrogen) atoms. The molecular formula is C31H45NO3. The van der Waals surface area contributed by atoms with Crippen LogP contribution in [0.4, 0.5) is 0 Å². The molecule has 1 aromatic carbocycles. The molecule has 4 heteroatoms. The van der Waals surface area contributed by atoms with Gasteiger partial charge in [-0.05, 0) is 67.5 Å². The summed E-state index contributed by atoms with van der Waals surface area (Å²) in [5.41, 5.74) is 1.59. The van der Waals surface area contributed by atoms with Gasteiger partial charge in [-0.25, -0.2) is 4.79 Å². The Kier molecular flexibility index (Phi) is 12.1. The zero-order valence-electron chi connectivity index (χ0n) is 22.0. The highest BCUT2D eigenvalue weighted by Crippen LogP contribution is 2.34. The van der Waals surface area contributed by atoms with Crippen LogP contribution < -0.4 is 9.47 Å². The van der Waals surface area contributed by atoms with Crippen LogP contribution in [0.25, 0.3) is 0 Å². The van der Waals surface area contributed by atoms with Gasteiger partial charge >= 0.3 is 5.97 Å². The van der Waals surface area contributed by atoms with E-state index >= 15 is 0 Å². The lowest BCUT2D eigenvalue weighted by Crippen LogP contribution is -2.15. The molecule has 1 aromatic heterocycles. The van der Waals surface area contributed by atoms with Crippen LogP contribution >= 0.6 is 0 Å². The van der Waals surface area contributed by atoms with Gasteiger partial charge in [-0.2, -0.15) is 0 Å². The van der Waals surface area contributed by atoms with E-state index in [1.165, 1.54) is 70.6 Å². The van der Waals surface area contributed by atoms with E-state index in [4.69, 9.17) is 9.47 Å². The summed E-state index contributed by atoms with van der Waals surface area (Å²) in [6.07, 6.45) is 20.0. The molecular weight excluding hydrogens is 434 g/mol. The van der Waals surface area contributed by atoms with E-state index in [1.54, 1.807) is 18.3 Å². The first-order valence-electron chi connectivity index (χ1n) is 14.1. The third kappa shape index (κ3) is 10.0. The summed E-state index contributed by atoms with van der Waals surface area (Å²) in [7, 11) is 0. The molecule has 0 N–H and O–H groups in total. The molecule has 0 amide bonds. The smallest absolute Gasteiger partial charge is 0.343 e. The van der Waals surface area contributed by atoms with E-state index in [9.17, 15) is 4.79 Å². The first-order valence-corrected chi connectivity index (χ1v) is 14.1. The monoisotopic (exact) mass is 479 g/mol. The molecule has 3 rings (SSSR count). The molecule has 0 aliphatic heterocycles. The Hall–Kier alpha value is -2.36. The molecule has 2 aromatic rings. The largest absolute Gasteiger partial charge is 0.494 e. The average Bonchev–Trinajstić information content (AvgIpc) is 2.89. The minimum atomic E-state index is -0.373. The number of ether oxygens (including phenoxy) is 2. The molecule has 1 fully saturated rings. The Morgan fingerprint density at radius 3 is 2.11 bits per heavy atom. The minimum absolute atomic E-state index is 0.373. The maximum atomic E-state index is 12.5. The van der Waals surface area contributed by atoms with Crippen LogP contribution in [-0.4, -0.2) is 17.6 Å². The Balaban J connectivity index is 1.34. The number of nitrogens with zero attached hydrogens (tertiary/aromatic N) is 1. The Labute approximate surface area is 212 Å². The summed E-state index contributed by atoms with van der Waals surface area (Å²) >= 11 is 0. The molecule has 4 nitrogen and oxygen atoms in total. The SMILES string of the molecule is CCCCCCCC1CCC(CCc2ccc(OC(=O)c3ccc(OCCCC)cc3)cn2)CC1. The molecule has 1 aliphatic carbocycles. The van der Waals surface area contributed by atoms with Crippen molar-refractivity contribution in [3.05, 3.63) is 53.9 Å². The predicted octanol–water partition coefficient (Wildman–Crippen LogP) is 8.58. The molecule has 192 valence electrons. The van der Waals surface area contributed by atoms with Gasteiger partial charge in [0.15, 0.2) is 0 Å². The number of rotatable bonds is 15. The average molecular weight is 480 g/mol. The standard InChI is InChI=1S/C31H45NO3/c1-3-5-7-8-9-10-25-11-13-26(14-12-25)15-18-28-19-22-30(24-32-28)35-31(33)27-16-20-29(21-17-27)34-23-6-4-2/h16-17,19-22,24-26H,3-15,18,23H2,1-2H3. The predicted molar refractivity (Wildman–Crippen MR) is 143 cm³/mol. The Bertz CT molecular complexity index is 839. The number of aromatic nitrogens is 1. The van der Waals surface area contributed by atoms with Crippen LogP contribution in [0.3, 0.4) is 0 Å². The van der Waals surface area contributed by atoms with Gasteiger partial charge in [-0.15, -0.1) is 0 Å². The number of pyridine rings is 1. The quantitative estimate of drug-likeness (QED) is 0.190. The van der Waals surface area contributed by atoms with Crippen molar-refractivity contribution in [1.29, 1.82) is 0 Å². The van der Waals surface area contributed by atoms with Gasteiger partial charge in [0, 0.05) is 5.69 Å². The van der Waals surface area contributed by atoms with Crippen LogP contribution in [0, 0.1) is 11.8 Å². The molecule has 1 aliphatic rings. The van der Waals surface area contributed by atoms with E-state index in [-0.39, 0.29) is 5.97 Å². The normalized spacial score (nSPS) is 17.8. The van der Waals surface area contributed by atoms with Crippen molar-refractivity contribution >= 4 is 5.97 Å². The molecule has 0 saturated heterocycles. The van der Waals surface area contributed by atoms with Crippen molar-refractivity contribution in [3.63, 3.8) is 0 Å². The first kappa shape index (κ1) is 27.2. The number of unbranched alkanes of at least 4 members (excludes halogenated alkanes) is 5. The number of benzene rings is 1. The van der Waals surface area contributed by atoms with E-state index in [1.807, 2.05) is 24.3 Å². The van der Waals surface area contributed by atoms with E-state index in [2.05, 4.69) is 18.8 Å². The molecule has 0 bridgehead atoms. The second-order valence-electron chi connectivity index (χ2n) is 10.2. The first-order chi connectivity index (χ1) is 17.2. The fourth-order valence-corrected chi connectivity index (χ4v) is 5.00. The Morgan fingerprint density at radius 2 is 1.46 bits per heavy atom. The van der Waals surface area contributed by atoms with Crippen molar-refractivity contribution in [3.8, 4) is 11.5 Å². The van der Waals surface area contributed by atoms with Crippen LogP contribution in [0.2, 0.25) is 0 Å². The third-order valence-electron chi connectivity index (χ3n) is 7.36. The summed E-state index contributed by atoms with van der Waals surface area (Å²) in [4.78, 5) is 17.0. The maximum Gasteiger partial charge on any atom is 0.343 e. The second kappa shape index (κ2) is 15.6. The highest BCUT2D eigenvalue weighted by atomic mass is 16.5. The van der Waals surface area contributed by atoms with Crippen molar-refractivity contribution in [2.75, 3.05) is 6.61 Å². The van der Waals surface area contributed by atoms with Crippen LogP contribution in [0.15, 0.2) is 42.6 Å². The van der Waals surface area contributed by atoms with Gasteiger partial charge in [-0.3, -0.25) is 4.98 Å². The summed E-state index contributed by atoms with van der Waals surface area (Å²) in [5.74, 6) is 2.68. The minimum Gasteiger partial charge on any atom is -0.494 e. The van der Waals surface area contributed by atoms with Gasteiger partial charge < -0.3 is 9.47 Å². The van der Waals surface area contributed by atoms with Crippen LogP contribution in [0.5, 0.6) is 11.5 Å². The number of esters is 1. The molecule has 1 heterocycles.